The van der Waals surface area contributed by atoms with Crippen LogP contribution in [0.2, 0.25) is 0 Å². The van der Waals surface area contributed by atoms with Crippen LogP contribution < -0.4 is 4.90 Å². The van der Waals surface area contributed by atoms with E-state index in [2.05, 4.69) is 13.8 Å². The molecule has 148 valence electrons. The van der Waals surface area contributed by atoms with Crippen molar-refractivity contribution in [3.05, 3.63) is 30.3 Å². The maximum atomic E-state index is 12.5. The zero-order valence-corrected chi connectivity index (χ0v) is 17.0. The second-order valence-corrected chi connectivity index (χ2v) is 7.14. The summed E-state index contributed by atoms with van der Waals surface area (Å²) >= 11 is 0. The van der Waals surface area contributed by atoms with Crippen LogP contribution in [0.25, 0.3) is 0 Å². The van der Waals surface area contributed by atoms with Crippen molar-refractivity contribution >= 4 is 11.8 Å². The van der Waals surface area contributed by atoms with Gasteiger partial charge in [-0.15, -0.1) is 0 Å². The quantitative estimate of drug-likeness (QED) is 0.306. The molecule has 1 aromatic carbocycles. The van der Waals surface area contributed by atoms with Crippen molar-refractivity contribution in [2.24, 2.45) is 0 Å². The Morgan fingerprint density at radius 3 is 1.92 bits per heavy atom. The predicted molar refractivity (Wildman–Crippen MR) is 112 cm³/mol. The van der Waals surface area contributed by atoms with Gasteiger partial charge in [0.25, 0.3) is 0 Å². The number of carbonyl (C=O) groups excluding carboxylic acids is 1. The first kappa shape index (κ1) is 22.5. The van der Waals surface area contributed by atoms with Crippen molar-refractivity contribution in [3.8, 4) is 0 Å². The van der Waals surface area contributed by atoms with Crippen LogP contribution in [0, 0.1) is 0 Å². The van der Waals surface area contributed by atoms with Gasteiger partial charge in [-0.3, -0.25) is 4.90 Å². The van der Waals surface area contributed by atoms with Gasteiger partial charge < -0.3 is 4.74 Å². The van der Waals surface area contributed by atoms with Crippen molar-refractivity contribution in [2.45, 2.75) is 90.9 Å². The third-order valence-corrected chi connectivity index (χ3v) is 4.75. The smallest absolute Gasteiger partial charge is 0.414 e. The fraction of sp³-hybridized carbons (Fsp3) is 0.696. The monoisotopic (exact) mass is 361 g/mol. The predicted octanol–water partition coefficient (Wildman–Crippen LogP) is 7.35. The summed E-state index contributed by atoms with van der Waals surface area (Å²) < 4.78 is 5.55. The average Bonchev–Trinajstić information content (AvgIpc) is 2.67. The van der Waals surface area contributed by atoms with Crippen LogP contribution in [-0.2, 0) is 4.74 Å². The van der Waals surface area contributed by atoms with Crippen molar-refractivity contribution < 1.29 is 9.53 Å². The number of nitrogens with zero attached hydrogens (tertiary/aromatic N) is 1. The van der Waals surface area contributed by atoms with Crippen LogP contribution in [0.4, 0.5) is 10.5 Å². The summed E-state index contributed by atoms with van der Waals surface area (Å²) in [4.78, 5) is 14.4. The van der Waals surface area contributed by atoms with Gasteiger partial charge in [-0.05, 0) is 25.0 Å². The number of para-hydroxylation sites is 1. The molecule has 0 unspecified atom stereocenters. The van der Waals surface area contributed by atoms with Crippen LogP contribution in [-0.4, -0.2) is 19.2 Å². The second kappa shape index (κ2) is 15.7. The van der Waals surface area contributed by atoms with Crippen LogP contribution in [0.3, 0.4) is 0 Å². The molecule has 3 heteroatoms. The molecule has 1 rings (SSSR count). The lowest BCUT2D eigenvalue weighted by Gasteiger charge is -2.22. The van der Waals surface area contributed by atoms with Gasteiger partial charge in [-0.2, -0.15) is 0 Å². The van der Waals surface area contributed by atoms with Gasteiger partial charge in [0.1, 0.15) is 0 Å². The molecule has 0 aliphatic rings. The molecule has 0 saturated carbocycles. The number of carbonyl (C=O) groups is 1. The molecule has 0 N–H and O–H groups in total. The Hall–Kier alpha value is -1.51. The molecular weight excluding hydrogens is 322 g/mol. The van der Waals surface area contributed by atoms with E-state index in [1.54, 1.807) is 4.90 Å². The van der Waals surface area contributed by atoms with E-state index < -0.39 is 0 Å². The minimum Gasteiger partial charge on any atom is -0.449 e. The fourth-order valence-electron chi connectivity index (χ4n) is 3.10. The van der Waals surface area contributed by atoms with E-state index in [0.29, 0.717) is 6.61 Å². The number of ether oxygens (including phenoxy) is 1. The lowest BCUT2D eigenvalue weighted by molar-refractivity contribution is 0.151. The molecule has 0 aliphatic heterocycles. The minimum absolute atomic E-state index is 0.196. The number of hydrogen-bond acceptors (Lipinski definition) is 2. The van der Waals surface area contributed by atoms with Gasteiger partial charge in [0.2, 0.25) is 0 Å². The zero-order chi connectivity index (χ0) is 18.9. The number of benzene rings is 1. The molecule has 0 aromatic heterocycles. The highest BCUT2D eigenvalue weighted by molar-refractivity contribution is 5.87. The van der Waals surface area contributed by atoms with Gasteiger partial charge in [0.15, 0.2) is 0 Å². The molecule has 0 saturated heterocycles. The molecule has 0 aliphatic carbocycles. The zero-order valence-electron chi connectivity index (χ0n) is 17.0. The molecular formula is C23H39NO2. The van der Waals surface area contributed by atoms with E-state index in [4.69, 9.17) is 4.74 Å². The van der Waals surface area contributed by atoms with Crippen LogP contribution in [0.5, 0.6) is 0 Å². The van der Waals surface area contributed by atoms with Crippen molar-refractivity contribution in [1.29, 1.82) is 0 Å². The van der Waals surface area contributed by atoms with Crippen LogP contribution in [0.15, 0.2) is 30.3 Å². The maximum Gasteiger partial charge on any atom is 0.414 e. The highest BCUT2D eigenvalue weighted by Gasteiger charge is 2.16. The van der Waals surface area contributed by atoms with Crippen LogP contribution >= 0.6 is 0 Å². The molecule has 1 aromatic rings. The Balaban J connectivity index is 2.35. The highest BCUT2D eigenvalue weighted by atomic mass is 16.6. The summed E-state index contributed by atoms with van der Waals surface area (Å²) in [5.41, 5.74) is 0.939. The molecule has 0 heterocycles. The van der Waals surface area contributed by atoms with E-state index >= 15 is 0 Å². The topological polar surface area (TPSA) is 29.5 Å². The molecule has 0 radical (unpaired) electrons. The molecule has 3 nitrogen and oxygen atoms in total. The van der Waals surface area contributed by atoms with E-state index in [1.807, 2.05) is 30.3 Å². The number of anilines is 1. The molecule has 0 spiro atoms. The summed E-state index contributed by atoms with van der Waals surface area (Å²) in [5.74, 6) is 0. The van der Waals surface area contributed by atoms with Crippen molar-refractivity contribution in [2.75, 3.05) is 18.1 Å². The van der Waals surface area contributed by atoms with Crippen LogP contribution in [0.1, 0.15) is 90.9 Å². The Morgan fingerprint density at radius 1 is 0.769 bits per heavy atom. The van der Waals surface area contributed by atoms with Gasteiger partial charge >= 0.3 is 6.09 Å². The molecule has 1 amide bonds. The molecule has 0 fully saturated rings. The van der Waals surface area contributed by atoms with E-state index in [1.165, 1.54) is 57.8 Å². The Labute approximate surface area is 161 Å². The lowest BCUT2D eigenvalue weighted by Crippen LogP contribution is -2.32. The summed E-state index contributed by atoms with van der Waals surface area (Å²) in [5, 5.41) is 0. The number of unbranched alkanes of at least 4 members (excludes halogenated alkanes) is 10. The number of hydrogen-bond donors (Lipinski definition) is 0. The first-order valence-corrected chi connectivity index (χ1v) is 10.8. The van der Waals surface area contributed by atoms with E-state index in [0.717, 1.165) is 31.5 Å². The average molecular weight is 362 g/mol. The fourth-order valence-corrected chi connectivity index (χ4v) is 3.10. The minimum atomic E-state index is -0.196. The normalized spacial score (nSPS) is 10.7. The SMILES string of the molecule is CCCCCCCCOC(=O)N(CCCCCCCC)c1ccccc1. The summed E-state index contributed by atoms with van der Waals surface area (Å²) in [6.07, 6.45) is 14.4. The van der Waals surface area contributed by atoms with Gasteiger partial charge in [-0.25, -0.2) is 4.79 Å². The standard InChI is InChI=1S/C23H39NO2/c1-3-5-7-9-11-16-20-24(22-18-14-13-15-19-22)23(25)26-21-17-12-10-8-6-4-2/h13-15,18-19H,3-12,16-17,20-21H2,1-2H3. The Bertz CT molecular complexity index is 447. The van der Waals surface area contributed by atoms with Gasteiger partial charge in [0, 0.05) is 12.2 Å². The van der Waals surface area contributed by atoms with Gasteiger partial charge in [-0.1, -0.05) is 96.3 Å². The second-order valence-electron chi connectivity index (χ2n) is 7.14. The molecule has 0 atom stereocenters. The van der Waals surface area contributed by atoms with E-state index in [-0.39, 0.29) is 6.09 Å². The summed E-state index contributed by atoms with van der Waals surface area (Å²) in [6, 6.07) is 9.91. The number of rotatable bonds is 15. The largest absolute Gasteiger partial charge is 0.449 e. The van der Waals surface area contributed by atoms with Crippen molar-refractivity contribution in [3.63, 3.8) is 0 Å². The summed E-state index contributed by atoms with van der Waals surface area (Å²) in [7, 11) is 0. The van der Waals surface area contributed by atoms with E-state index in [9.17, 15) is 4.79 Å². The first-order valence-electron chi connectivity index (χ1n) is 10.8. The third-order valence-electron chi connectivity index (χ3n) is 4.75. The maximum absolute atomic E-state index is 12.5. The molecule has 26 heavy (non-hydrogen) atoms. The van der Waals surface area contributed by atoms with Crippen molar-refractivity contribution in [1.82, 2.24) is 0 Å². The third kappa shape index (κ3) is 10.5. The highest BCUT2D eigenvalue weighted by Crippen LogP contribution is 2.17. The number of amides is 1. The first-order chi connectivity index (χ1) is 12.8. The lowest BCUT2D eigenvalue weighted by atomic mass is 10.1. The Kier molecular flexibility index (Phi) is 13.6. The summed E-state index contributed by atoms with van der Waals surface area (Å²) in [6.45, 7) is 5.73. The Morgan fingerprint density at radius 2 is 1.31 bits per heavy atom. The van der Waals surface area contributed by atoms with Gasteiger partial charge in [0.05, 0.1) is 6.61 Å². The molecule has 0 bridgehead atoms.